The molecule has 1 N–H and O–H groups in total. The van der Waals surface area contributed by atoms with Crippen LogP contribution in [0.15, 0.2) is 70.9 Å². The molecule has 0 radical (unpaired) electrons. The number of benzene rings is 2. The van der Waals surface area contributed by atoms with Gasteiger partial charge in [0.2, 0.25) is 0 Å². The molecule has 1 unspecified atom stereocenters. The summed E-state index contributed by atoms with van der Waals surface area (Å²) in [6.45, 7) is 1.54. The van der Waals surface area contributed by atoms with Crippen LogP contribution < -0.4 is 0 Å². The molecule has 1 aliphatic heterocycles. The van der Waals surface area contributed by atoms with E-state index in [1.807, 2.05) is 0 Å². The summed E-state index contributed by atoms with van der Waals surface area (Å²) >= 11 is 0. The second-order valence-electron chi connectivity index (χ2n) is 7.02. The quantitative estimate of drug-likeness (QED) is 0.392. The van der Waals surface area contributed by atoms with E-state index >= 15 is 0 Å². The Morgan fingerprint density at radius 2 is 1.83 bits per heavy atom. The first kappa shape index (κ1) is 19.6. The molecular formula is C23H17F2NO4. The number of hydrogen-bond acceptors (Lipinski definition) is 4. The lowest BCUT2D eigenvalue weighted by molar-refractivity contribution is -0.140. The summed E-state index contributed by atoms with van der Waals surface area (Å²) in [6, 6.07) is 11.6. The maximum atomic E-state index is 14.0. The number of furan rings is 1. The second-order valence-corrected chi connectivity index (χ2v) is 7.02. The van der Waals surface area contributed by atoms with Gasteiger partial charge in [-0.3, -0.25) is 9.59 Å². The number of ketones is 1. The Kier molecular flexibility index (Phi) is 4.95. The molecule has 2 aromatic carbocycles. The number of carbonyl (C=O) groups excluding carboxylic acids is 2. The number of aliphatic hydroxyl groups excluding tert-OH is 1. The molecule has 5 nitrogen and oxygen atoms in total. The molecular weight excluding hydrogens is 392 g/mol. The van der Waals surface area contributed by atoms with E-state index in [0.717, 1.165) is 6.07 Å². The second kappa shape index (κ2) is 7.59. The molecule has 1 amide bonds. The highest BCUT2D eigenvalue weighted by molar-refractivity contribution is 6.46. The number of nitrogens with zero attached hydrogens (tertiary/aromatic N) is 1. The van der Waals surface area contributed by atoms with Gasteiger partial charge in [0.15, 0.2) is 0 Å². The van der Waals surface area contributed by atoms with Gasteiger partial charge in [0.1, 0.15) is 23.2 Å². The van der Waals surface area contributed by atoms with Crippen LogP contribution in [0, 0.1) is 18.6 Å². The minimum absolute atomic E-state index is 0.0291. The van der Waals surface area contributed by atoms with Gasteiger partial charge in [0, 0.05) is 5.56 Å². The van der Waals surface area contributed by atoms with Crippen LogP contribution in [0.4, 0.5) is 8.78 Å². The molecule has 1 atom stereocenters. The lowest BCUT2D eigenvalue weighted by atomic mass is 9.95. The van der Waals surface area contributed by atoms with E-state index in [4.69, 9.17) is 4.42 Å². The molecule has 1 saturated heterocycles. The Bertz CT molecular complexity index is 1150. The van der Waals surface area contributed by atoms with Crippen LogP contribution in [0.2, 0.25) is 0 Å². The first-order chi connectivity index (χ1) is 14.4. The number of halogens is 2. The van der Waals surface area contributed by atoms with Crippen LogP contribution in [-0.2, 0) is 16.1 Å². The van der Waals surface area contributed by atoms with E-state index in [-0.39, 0.29) is 17.7 Å². The third-order valence-corrected chi connectivity index (χ3v) is 5.08. The maximum Gasteiger partial charge on any atom is 0.296 e. The van der Waals surface area contributed by atoms with Gasteiger partial charge in [-0.1, -0.05) is 24.3 Å². The van der Waals surface area contributed by atoms with E-state index in [9.17, 15) is 23.5 Å². The molecule has 0 aliphatic carbocycles. The summed E-state index contributed by atoms with van der Waals surface area (Å²) < 4.78 is 32.8. The SMILES string of the molecule is Cc1ccc(/C(O)=C2\C(=O)C(=O)N(Cc3ccco3)C2c2ccc(F)cc2)cc1F. The number of aliphatic hydroxyl groups is 1. The third kappa shape index (κ3) is 3.39. The fourth-order valence-electron chi connectivity index (χ4n) is 3.50. The predicted molar refractivity (Wildman–Crippen MR) is 104 cm³/mol. The van der Waals surface area contributed by atoms with Crippen molar-refractivity contribution in [2.24, 2.45) is 0 Å². The van der Waals surface area contributed by atoms with Gasteiger partial charge < -0.3 is 14.4 Å². The largest absolute Gasteiger partial charge is 0.507 e. The molecule has 1 aromatic heterocycles. The van der Waals surface area contributed by atoms with Gasteiger partial charge in [-0.05, 0) is 48.4 Å². The first-order valence-electron chi connectivity index (χ1n) is 9.19. The van der Waals surface area contributed by atoms with E-state index < -0.39 is 35.1 Å². The Morgan fingerprint density at radius 3 is 2.47 bits per heavy atom. The molecule has 0 bridgehead atoms. The number of aryl methyl sites for hydroxylation is 1. The molecule has 4 rings (SSSR count). The monoisotopic (exact) mass is 409 g/mol. The van der Waals surface area contributed by atoms with Crippen molar-refractivity contribution in [3.8, 4) is 0 Å². The Labute approximate surface area is 170 Å². The summed E-state index contributed by atoms with van der Waals surface area (Å²) in [5, 5.41) is 10.9. The number of amides is 1. The summed E-state index contributed by atoms with van der Waals surface area (Å²) in [6.07, 6.45) is 1.44. The maximum absolute atomic E-state index is 14.0. The standard InChI is InChI=1S/C23H17F2NO4/c1-13-4-5-15(11-18(13)25)21(27)19-20(14-6-8-16(24)9-7-14)26(23(29)22(19)28)12-17-3-2-10-30-17/h2-11,20,27H,12H2,1H3/b21-19+. The summed E-state index contributed by atoms with van der Waals surface area (Å²) in [4.78, 5) is 26.9. The number of hydrogen-bond donors (Lipinski definition) is 1. The lowest BCUT2D eigenvalue weighted by Gasteiger charge is -2.24. The molecule has 1 aliphatic rings. The van der Waals surface area contributed by atoms with Crippen molar-refractivity contribution in [1.29, 1.82) is 0 Å². The third-order valence-electron chi connectivity index (χ3n) is 5.08. The van der Waals surface area contributed by atoms with Crippen molar-refractivity contribution >= 4 is 17.4 Å². The Balaban J connectivity index is 1.87. The normalized spacial score (nSPS) is 18.2. The Hall–Kier alpha value is -3.74. The molecule has 2 heterocycles. The molecule has 152 valence electrons. The molecule has 1 fully saturated rings. The van der Waals surface area contributed by atoms with Gasteiger partial charge in [-0.25, -0.2) is 8.78 Å². The van der Waals surface area contributed by atoms with Crippen LogP contribution in [-0.4, -0.2) is 21.7 Å². The van der Waals surface area contributed by atoms with Gasteiger partial charge in [0.25, 0.3) is 11.7 Å². The average Bonchev–Trinajstić information content (AvgIpc) is 3.33. The molecule has 30 heavy (non-hydrogen) atoms. The number of carbonyl (C=O) groups is 2. The van der Waals surface area contributed by atoms with E-state index in [1.54, 1.807) is 19.1 Å². The highest BCUT2D eigenvalue weighted by atomic mass is 19.1. The van der Waals surface area contributed by atoms with Crippen LogP contribution in [0.3, 0.4) is 0 Å². The molecule has 3 aromatic rings. The van der Waals surface area contributed by atoms with Gasteiger partial charge >= 0.3 is 0 Å². The molecule has 7 heteroatoms. The fraction of sp³-hybridized carbons (Fsp3) is 0.130. The zero-order valence-electron chi connectivity index (χ0n) is 15.9. The first-order valence-corrected chi connectivity index (χ1v) is 9.19. The zero-order valence-corrected chi connectivity index (χ0v) is 15.9. The number of Topliss-reactive ketones (excluding diaryl/α,β-unsaturated/α-hetero) is 1. The summed E-state index contributed by atoms with van der Waals surface area (Å²) in [5.41, 5.74) is 0.679. The number of rotatable bonds is 4. The molecule has 0 saturated carbocycles. The topological polar surface area (TPSA) is 70.8 Å². The highest BCUT2D eigenvalue weighted by Gasteiger charge is 2.46. The lowest BCUT2D eigenvalue weighted by Crippen LogP contribution is -2.29. The average molecular weight is 409 g/mol. The minimum atomic E-state index is -0.986. The van der Waals surface area contributed by atoms with Gasteiger partial charge in [0.05, 0.1) is 24.4 Å². The van der Waals surface area contributed by atoms with Crippen LogP contribution >= 0.6 is 0 Å². The minimum Gasteiger partial charge on any atom is -0.507 e. The fourth-order valence-corrected chi connectivity index (χ4v) is 3.50. The van der Waals surface area contributed by atoms with Crippen molar-refractivity contribution in [1.82, 2.24) is 4.90 Å². The summed E-state index contributed by atoms with van der Waals surface area (Å²) in [5.74, 6) is -2.84. The van der Waals surface area contributed by atoms with E-state index in [0.29, 0.717) is 16.9 Å². The predicted octanol–water partition coefficient (Wildman–Crippen LogP) is 4.49. The van der Waals surface area contributed by atoms with Gasteiger partial charge in [-0.2, -0.15) is 0 Å². The van der Waals surface area contributed by atoms with Gasteiger partial charge in [-0.15, -0.1) is 0 Å². The molecule has 0 spiro atoms. The van der Waals surface area contributed by atoms with Crippen LogP contribution in [0.25, 0.3) is 5.76 Å². The van der Waals surface area contributed by atoms with Crippen LogP contribution in [0.1, 0.15) is 28.5 Å². The van der Waals surface area contributed by atoms with Crippen LogP contribution in [0.5, 0.6) is 0 Å². The van der Waals surface area contributed by atoms with Crippen molar-refractivity contribution in [2.45, 2.75) is 19.5 Å². The summed E-state index contributed by atoms with van der Waals surface area (Å²) in [7, 11) is 0. The highest BCUT2D eigenvalue weighted by Crippen LogP contribution is 2.40. The van der Waals surface area contributed by atoms with Crippen molar-refractivity contribution in [2.75, 3.05) is 0 Å². The van der Waals surface area contributed by atoms with Crippen molar-refractivity contribution < 1.29 is 27.9 Å². The van der Waals surface area contributed by atoms with Crippen molar-refractivity contribution in [3.63, 3.8) is 0 Å². The Morgan fingerprint density at radius 1 is 1.10 bits per heavy atom. The smallest absolute Gasteiger partial charge is 0.296 e. The van der Waals surface area contributed by atoms with Crippen molar-refractivity contribution in [3.05, 3.63) is 101 Å². The van der Waals surface area contributed by atoms with E-state index in [1.165, 1.54) is 47.6 Å². The number of likely N-dealkylation sites (tertiary alicyclic amines) is 1. The zero-order chi connectivity index (χ0) is 21.4. The van der Waals surface area contributed by atoms with E-state index in [2.05, 4.69) is 0 Å².